The minimum absolute atomic E-state index is 0.0937. The van der Waals surface area contributed by atoms with E-state index in [4.69, 9.17) is 4.74 Å². The Morgan fingerprint density at radius 2 is 2.18 bits per heavy atom. The van der Waals surface area contributed by atoms with E-state index in [9.17, 15) is 4.79 Å². The van der Waals surface area contributed by atoms with Crippen LogP contribution in [0.4, 0.5) is 5.82 Å². The molecule has 22 heavy (non-hydrogen) atoms. The fraction of sp³-hybridized carbons (Fsp3) is 0.429. The fourth-order valence-corrected chi connectivity index (χ4v) is 2.46. The first-order chi connectivity index (χ1) is 10.7. The Morgan fingerprint density at radius 1 is 1.36 bits per heavy atom. The van der Waals surface area contributed by atoms with E-state index < -0.39 is 0 Å². The summed E-state index contributed by atoms with van der Waals surface area (Å²) in [4.78, 5) is 26.9. The van der Waals surface area contributed by atoms with Gasteiger partial charge in [-0.05, 0) is 0 Å². The van der Waals surface area contributed by atoms with Crippen LogP contribution in [0.2, 0.25) is 0 Å². The Bertz CT molecular complexity index is 671. The molecule has 2 aromatic rings. The Labute approximate surface area is 128 Å². The number of amides is 1. The molecule has 0 bridgehead atoms. The van der Waals surface area contributed by atoms with E-state index in [2.05, 4.69) is 20.3 Å². The summed E-state index contributed by atoms with van der Waals surface area (Å²) < 4.78 is 7.52. The second kappa shape index (κ2) is 6.10. The quantitative estimate of drug-likeness (QED) is 0.887. The Kier molecular flexibility index (Phi) is 4.01. The number of morpholine rings is 1. The van der Waals surface area contributed by atoms with Crippen LogP contribution in [0.3, 0.4) is 0 Å². The van der Waals surface area contributed by atoms with Gasteiger partial charge in [0.2, 0.25) is 0 Å². The van der Waals surface area contributed by atoms with Gasteiger partial charge in [-0.25, -0.2) is 9.97 Å². The average molecular weight is 302 g/mol. The lowest BCUT2D eigenvalue weighted by atomic mass is 10.2. The molecule has 116 valence electrons. The molecular formula is C14H18N6O2. The van der Waals surface area contributed by atoms with Crippen LogP contribution in [-0.2, 0) is 11.8 Å². The number of rotatable bonds is 3. The highest BCUT2D eigenvalue weighted by Crippen LogP contribution is 2.25. The van der Waals surface area contributed by atoms with Crippen LogP contribution in [0.1, 0.15) is 22.3 Å². The highest BCUT2D eigenvalue weighted by molar-refractivity contribution is 5.92. The lowest BCUT2D eigenvalue weighted by Crippen LogP contribution is -2.42. The monoisotopic (exact) mass is 302 g/mol. The number of ether oxygens (including phenoxy) is 1. The zero-order chi connectivity index (χ0) is 15.5. The minimum Gasteiger partial charge on any atom is -0.372 e. The predicted octanol–water partition coefficient (Wildman–Crippen LogP) is 0.465. The van der Waals surface area contributed by atoms with Crippen molar-refractivity contribution in [2.75, 3.05) is 32.1 Å². The van der Waals surface area contributed by atoms with Crippen molar-refractivity contribution in [1.29, 1.82) is 0 Å². The van der Waals surface area contributed by atoms with E-state index in [0.29, 0.717) is 36.9 Å². The van der Waals surface area contributed by atoms with E-state index >= 15 is 0 Å². The lowest BCUT2D eigenvalue weighted by molar-refractivity contribution is -0.0247. The van der Waals surface area contributed by atoms with Gasteiger partial charge in [0.05, 0.1) is 19.5 Å². The third-order valence-electron chi connectivity index (χ3n) is 3.55. The number of aryl methyl sites for hydroxylation is 1. The maximum Gasteiger partial charge on any atom is 0.274 e. The molecule has 0 spiro atoms. The molecule has 2 aromatic heterocycles. The van der Waals surface area contributed by atoms with Gasteiger partial charge in [0.1, 0.15) is 23.3 Å². The summed E-state index contributed by atoms with van der Waals surface area (Å²) in [5, 5.41) is 3.00. The van der Waals surface area contributed by atoms with Crippen molar-refractivity contribution in [3.8, 4) is 0 Å². The summed E-state index contributed by atoms with van der Waals surface area (Å²) >= 11 is 0. The number of imidazole rings is 1. The molecule has 1 saturated heterocycles. The summed E-state index contributed by atoms with van der Waals surface area (Å²) in [7, 11) is 3.62. The third-order valence-corrected chi connectivity index (χ3v) is 3.55. The van der Waals surface area contributed by atoms with Gasteiger partial charge in [0.25, 0.3) is 5.91 Å². The molecule has 8 heteroatoms. The van der Waals surface area contributed by atoms with Crippen molar-refractivity contribution < 1.29 is 9.53 Å². The van der Waals surface area contributed by atoms with E-state index in [1.54, 1.807) is 41.4 Å². The number of carbonyl (C=O) groups is 1. The number of anilines is 1. The standard InChI is InChI=1S/C14H18N6O2/c1-15-13-12(16-3-4-17-13)11-8-20(5-6-22-11)14(21)10-7-19(2)9-18-10/h3-4,7,9,11H,5-6,8H2,1-2H3,(H,15,17)/t11-/m1/s1. The largest absolute Gasteiger partial charge is 0.372 e. The minimum atomic E-state index is -0.294. The topological polar surface area (TPSA) is 85.2 Å². The van der Waals surface area contributed by atoms with Gasteiger partial charge >= 0.3 is 0 Å². The van der Waals surface area contributed by atoms with Crippen LogP contribution >= 0.6 is 0 Å². The van der Waals surface area contributed by atoms with Crippen LogP contribution in [0.5, 0.6) is 0 Å². The molecule has 0 unspecified atom stereocenters. The van der Waals surface area contributed by atoms with Crippen LogP contribution < -0.4 is 5.32 Å². The van der Waals surface area contributed by atoms with Crippen molar-refractivity contribution >= 4 is 11.7 Å². The number of carbonyl (C=O) groups excluding carboxylic acids is 1. The SMILES string of the molecule is CNc1nccnc1[C@H]1CN(C(=O)c2cn(C)cn2)CCO1. The number of nitrogens with one attached hydrogen (secondary N) is 1. The van der Waals surface area contributed by atoms with E-state index in [-0.39, 0.29) is 12.0 Å². The van der Waals surface area contributed by atoms with Crippen LogP contribution in [0.15, 0.2) is 24.9 Å². The molecular weight excluding hydrogens is 284 g/mol. The molecule has 3 rings (SSSR count). The van der Waals surface area contributed by atoms with Crippen molar-refractivity contribution in [3.63, 3.8) is 0 Å². The molecule has 1 aliphatic rings. The summed E-state index contributed by atoms with van der Waals surface area (Å²) in [6, 6.07) is 0. The maximum absolute atomic E-state index is 12.5. The van der Waals surface area contributed by atoms with Crippen molar-refractivity contribution in [3.05, 3.63) is 36.3 Å². The molecule has 3 heterocycles. The first-order valence-corrected chi connectivity index (χ1v) is 7.06. The fourth-order valence-electron chi connectivity index (χ4n) is 2.46. The van der Waals surface area contributed by atoms with E-state index in [1.807, 2.05) is 7.05 Å². The van der Waals surface area contributed by atoms with Gasteiger partial charge < -0.3 is 19.5 Å². The summed E-state index contributed by atoms with van der Waals surface area (Å²) in [5.74, 6) is 0.573. The van der Waals surface area contributed by atoms with Crippen LogP contribution in [0, 0.1) is 0 Å². The van der Waals surface area contributed by atoms with Crippen molar-refractivity contribution in [2.45, 2.75) is 6.10 Å². The zero-order valence-electron chi connectivity index (χ0n) is 12.6. The third kappa shape index (κ3) is 2.77. The molecule has 1 amide bonds. The summed E-state index contributed by atoms with van der Waals surface area (Å²) in [6.45, 7) is 1.44. The summed E-state index contributed by atoms with van der Waals surface area (Å²) in [6.07, 6.45) is 6.28. The van der Waals surface area contributed by atoms with Crippen molar-refractivity contribution in [2.24, 2.45) is 7.05 Å². The smallest absolute Gasteiger partial charge is 0.274 e. The normalized spacial score (nSPS) is 18.3. The number of aromatic nitrogens is 4. The Hall–Kier alpha value is -2.48. The van der Waals surface area contributed by atoms with Crippen LogP contribution in [-0.4, -0.2) is 57.1 Å². The average Bonchev–Trinajstić information content (AvgIpc) is 3.00. The zero-order valence-corrected chi connectivity index (χ0v) is 12.6. The predicted molar refractivity (Wildman–Crippen MR) is 79.4 cm³/mol. The number of hydrogen-bond acceptors (Lipinski definition) is 6. The molecule has 8 nitrogen and oxygen atoms in total. The molecule has 0 saturated carbocycles. The summed E-state index contributed by atoms with van der Waals surface area (Å²) in [5.41, 5.74) is 1.15. The Morgan fingerprint density at radius 3 is 2.91 bits per heavy atom. The molecule has 1 atom stereocenters. The second-order valence-corrected chi connectivity index (χ2v) is 5.08. The molecule has 0 aromatic carbocycles. The number of nitrogens with zero attached hydrogens (tertiary/aromatic N) is 5. The molecule has 1 aliphatic heterocycles. The molecule has 0 aliphatic carbocycles. The van der Waals surface area contributed by atoms with E-state index in [1.165, 1.54) is 0 Å². The number of hydrogen-bond donors (Lipinski definition) is 1. The van der Waals surface area contributed by atoms with Gasteiger partial charge in [-0.1, -0.05) is 0 Å². The first-order valence-electron chi connectivity index (χ1n) is 7.06. The van der Waals surface area contributed by atoms with Gasteiger partial charge in [-0.2, -0.15) is 0 Å². The highest BCUT2D eigenvalue weighted by atomic mass is 16.5. The first kappa shape index (κ1) is 14.5. The second-order valence-electron chi connectivity index (χ2n) is 5.08. The Balaban J connectivity index is 1.78. The van der Waals surface area contributed by atoms with Gasteiger partial charge in [0.15, 0.2) is 0 Å². The maximum atomic E-state index is 12.5. The van der Waals surface area contributed by atoms with E-state index in [0.717, 1.165) is 0 Å². The van der Waals surface area contributed by atoms with Gasteiger partial charge in [-0.3, -0.25) is 9.78 Å². The van der Waals surface area contributed by atoms with Crippen molar-refractivity contribution in [1.82, 2.24) is 24.4 Å². The molecule has 0 radical (unpaired) electrons. The van der Waals surface area contributed by atoms with Gasteiger partial charge in [-0.15, -0.1) is 0 Å². The lowest BCUT2D eigenvalue weighted by Gasteiger charge is -2.32. The highest BCUT2D eigenvalue weighted by Gasteiger charge is 2.29. The van der Waals surface area contributed by atoms with Crippen LogP contribution in [0.25, 0.3) is 0 Å². The van der Waals surface area contributed by atoms with Gasteiger partial charge in [0, 0.05) is 39.2 Å². The molecule has 1 N–H and O–H groups in total. The molecule has 1 fully saturated rings.